The molecule has 1 saturated heterocycles. The number of halogens is 1. The number of nitrogens with zero attached hydrogens (tertiary/aromatic N) is 2. The summed E-state index contributed by atoms with van der Waals surface area (Å²) in [6, 6.07) is 4.11. The topological polar surface area (TPSA) is 89.5 Å². The molecule has 20 heavy (non-hydrogen) atoms. The Labute approximate surface area is 121 Å². The quantitative estimate of drug-likeness (QED) is 0.683. The third-order valence-electron chi connectivity index (χ3n) is 3.53. The van der Waals surface area contributed by atoms with Gasteiger partial charge in [0.2, 0.25) is 0 Å². The summed E-state index contributed by atoms with van der Waals surface area (Å²) in [6.45, 7) is 1.68. The minimum Gasteiger partial charge on any atom is -0.338 e. The minimum absolute atomic E-state index is 0.0806. The molecule has 0 saturated carbocycles. The number of carbonyl (C=O) groups is 1. The van der Waals surface area contributed by atoms with E-state index < -0.39 is 4.92 Å². The van der Waals surface area contributed by atoms with Gasteiger partial charge in [-0.3, -0.25) is 14.9 Å². The van der Waals surface area contributed by atoms with Crippen molar-refractivity contribution in [3.63, 3.8) is 0 Å². The Morgan fingerprint density at radius 2 is 2.30 bits per heavy atom. The summed E-state index contributed by atoms with van der Waals surface area (Å²) < 4.78 is 0. The third-order valence-corrected chi connectivity index (χ3v) is 3.76. The molecule has 1 aromatic rings. The molecule has 1 aliphatic heterocycles. The number of nitro benzene ring substituents is 1. The van der Waals surface area contributed by atoms with E-state index in [9.17, 15) is 14.9 Å². The molecule has 0 bridgehead atoms. The van der Waals surface area contributed by atoms with Gasteiger partial charge < -0.3 is 10.6 Å². The number of likely N-dealkylation sites (tertiary alicyclic amines) is 1. The smallest absolute Gasteiger partial charge is 0.283 e. The van der Waals surface area contributed by atoms with Gasteiger partial charge in [0.05, 0.1) is 4.92 Å². The number of nitro groups is 1. The average Bonchev–Trinajstić information content (AvgIpc) is 2.46. The van der Waals surface area contributed by atoms with E-state index in [4.69, 9.17) is 17.3 Å². The largest absolute Gasteiger partial charge is 0.338 e. The molecule has 6 nitrogen and oxygen atoms in total. The highest BCUT2D eigenvalue weighted by Crippen LogP contribution is 2.26. The first-order valence-corrected chi connectivity index (χ1v) is 6.84. The van der Waals surface area contributed by atoms with Crippen molar-refractivity contribution in [3.8, 4) is 0 Å². The fourth-order valence-electron chi connectivity index (χ4n) is 2.45. The average molecular weight is 298 g/mol. The molecular weight excluding hydrogens is 282 g/mol. The van der Waals surface area contributed by atoms with E-state index in [0.717, 1.165) is 12.8 Å². The molecule has 1 amide bonds. The number of benzene rings is 1. The standard InChI is InChI=1S/C13H16ClN3O3/c14-10-3-4-11(12(6-10)17(19)20)13(18)16-5-1-2-9(7-15)8-16/h3-4,6,9H,1-2,5,7-8,15H2. The summed E-state index contributed by atoms with van der Waals surface area (Å²) in [5.74, 6) is -0.0643. The number of nitrogens with two attached hydrogens (primary N) is 1. The van der Waals surface area contributed by atoms with Gasteiger partial charge in [0, 0.05) is 24.2 Å². The lowest BCUT2D eigenvalue weighted by Gasteiger charge is -2.32. The highest BCUT2D eigenvalue weighted by molar-refractivity contribution is 6.31. The fourth-order valence-corrected chi connectivity index (χ4v) is 2.62. The van der Waals surface area contributed by atoms with Gasteiger partial charge in [-0.05, 0) is 37.4 Å². The first-order chi connectivity index (χ1) is 9.52. The molecule has 1 heterocycles. The zero-order valence-corrected chi connectivity index (χ0v) is 11.7. The van der Waals surface area contributed by atoms with Gasteiger partial charge in [0.15, 0.2) is 0 Å². The molecule has 1 aromatic carbocycles. The van der Waals surface area contributed by atoms with Crippen LogP contribution in [-0.4, -0.2) is 35.4 Å². The highest BCUT2D eigenvalue weighted by atomic mass is 35.5. The van der Waals surface area contributed by atoms with E-state index in [1.165, 1.54) is 18.2 Å². The van der Waals surface area contributed by atoms with Gasteiger partial charge >= 0.3 is 0 Å². The molecular formula is C13H16ClN3O3. The van der Waals surface area contributed by atoms with Crippen molar-refractivity contribution in [3.05, 3.63) is 38.9 Å². The van der Waals surface area contributed by atoms with Crippen molar-refractivity contribution in [1.29, 1.82) is 0 Å². The number of rotatable bonds is 3. The predicted octanol–water partition coefficient (Wildman–Crippen LogP) is 2.06. The second kappa shape index (κ2) is 6.19. The van der Waals surface area contributed by atoms with Crippen molar-refractivity contribution in [2.75, 3.05) is 19.6 Å². The summed E-state index contributed by atoms with van der Waals surface area (Å²) in [5, 5.41) is 11.3. The first-order valence-electron chi connectivity index (χ1n) is 6.46. The van der Waals surface area contributed by atoms with E-state index in [2.05, 4.69) is 0 Å². The molecule has 7 heteroatoms. The van der Waals surface area contributed by atoms with E-state index >= 15 is 0 Å². The summed E-state index contributed by atoms with van der Waals surface area (Å²) in [7, 11) is 0. The summed E-state index contributed by atoms with van der Waals surface area (Å²) in [4.78, 5) is 24.5. The normalized spacial score (nSPS) is 18.9. The summed E-state index contributed by atoms with van der Waals surface area (Å²) >= 11 is 5.75. The fraction of sp³-hybridized carbons (Fsp3) is 0.462. The van der Waals surface area contributed by atoms with Gasteiger partial charge in [-0.25, -0.2) is 0 Å². The van der Waals surface area contributed by atoms with Crippen LogP contribution in [0.2, 0.25) is 5.02 Å². The van der Waals surface area contributed by atoms with E-state index in [1.807, 2.05) is 0 Å². The van der Waals surface area contributed by atoms with Crippen LogP contribution in [0, 0.1) is 16.0 Å². The molecule has 0 radical (unpaired) electrons. The number of hydrogen-bond donors (Lipinski definition) is 1. The molecule has 0 aromatic heterocycles. The van der Waals surface area contributed by atoms with Gasteiger partial charge in [-0.15, -0.1) is 0 Å². The van der Waals surface area contributed by atoms with Crippen LogP contribution in [-0.2, 0) is 0 Å². The van der Waals surface area contributed by atoms with Crippen LogP contribution in [0.15, 0.2) is 18.2 Å². The Morgan fingerprint density at radius 3 is 2.95 bits per heavy atom. The second-order valence-corrected chi connectivity index (χ2v) is 5.35. The molecule has 1 fully saturated rings. The predicted molar refractivity (Wildman–Crippen MR) is 75.8 cm³/mol. The lowest BCUT2D eigenvalue weighted by molar-refractivity contribution is -0.385. The van der Waals surface area contributed by atoms with Crippen molar-refractivity contribution >= 4 is 23.2 Å². The zero-order valence-electron chi connectivity index (χ0n) is 10.9. The molecule has 1 aliphatic rings. The lowest BCUT2D eigenvalue weighted by atomic mass is 9.97. The van der Waals surface area contributed by atoms with E-state index in [-0.39, 0.29) is 28.1 Å². The molecule has 108 valence electrons. The number of carbonyl (C=O) groups excluding carboxylic acids is 1. The van der Waals surface area contributed by atoms with Crippen molar-refractivity contribution in [2.24, 2.45) is 11.7 Å². The van der Waals surface area contributed by atoms with Crippen LogP contribution in [0.1, 0.15) is 23.2 Å². The second-order valence-electron chi connectivity index (χ2n) is 4.91. The third kappa shape index (κ3) is 3.08. The minimum atomic E-state index is -0.580. The van der Waals surface area contributed by atoms with Crippen LogP contribution in [0.25, 0.3) is 0 Å². The maximum atomic E-state index is 12.4. The number of amides is 1. The van der Waals surface area contributed by atoms with Gasteiger partial charge in [-0.2, -0.15) is 0 Å². The Bertz CT molecular complexity index is 536. The van der Waals surface area contributed by atoms with Crippen molar-refractivity contribution in [1.82, 2.24) is 4.90 Å². The monoisotopic (exact) mass is 297 g/mol. The van der Waals surface area contributed by atoms with Crippen LogP contribution >= 0.6 is 11.6 Å². The van der Waals surface area contributed by atoms with Crippen LogP contribution in [0.5, 0.6) is 0 Å². The summed E-state index contributed by atoms with van der Waals surface area (Å²) in [5.41, 5.74) is 5.47. The molecule has 0 spiro atoms. The van der Waals surface area contributed by atoms with Gasteiger partial charge in [-0.1, -0.05) is 11.6 Å². The lowest BCUT2D eigenvalue weighted by Crippen LogP contribution is -2.42. The Hall–Kier alpha value is -1.66. The maximum Gasteiger partial charge on any atom is 0.283 e. The van der Waals surface area contributed by atoms with E-state index in [0.29, 0.717) is 19.6 Å². The zero-order chi connectivity index (χ0) is 14.7. The molecule has 1 unspecified atom stereocenters. The number of hydrogen-bond acceptors (Lipinski definition) is 4. The number of piperidine rings is 1. The SMILES string of the molecule is NCC1CCCN(C(=O)c2ccc(Cl)cc2[N+](=O)[O-])C1. The van der Waals surface area contributed by atoms with Crippen LogP contribution in [0.4, 0.5) is 5.69 Å². The van der Waals surface area contributed by atoms with Crippen molar-refractivity contribution in [2.45, 2.75) is 12.8 Å². The molecule has 2 rings (SSSR count). The molecule has 2 N–H and O–H groups in total. The van der Waals surface area contributed by atoms with E-state index in [1.54, 1.807) is 4.90 Å². The Kier molecular flexibility index (Phi) is 4.57. The molecule has 1 atom stereocenters. The first kappa shape index (κ1) is 14.7. The van der Waals surface area contributed by atoms with Crippen LogP contribution in [0.3, 0.4) is 0 Å². The Morgan fingerprint density at radius 1 is 1.55 bits per heavy atom. The highest BCUT2D eigenvalue weighted by Gasteiger charge is 2.28. The maximum absolute atomic E-state index is 12.4. The van der Waals surface area contributed by atoms with Gasteiger partial charge in [0.1, 0.15) is 5.56 Å². The summed E-state index contributed by atoms with van der Waals surface area (Å²) in [6.07, 6.45) is 1.86. The van der Waals surface area contributed by atoms with Gasteiger partial charge in [0.25, 0.3) is 11.6 Å². The Balaban J connectivity index is 2.27. The molecule has 0 aliphatic carbocycles. The van der Waals surface area contributed by atoms with Crippen LogP contribution < -0.4 is 5.73 Å². The van der Waals surface area contributed by atoms with Crippen molar-refractivity contribution < 1.29 is 9.72 Å².